The Balaban J connectivity index is 2.08. The van der Waals surface area contributed by atoms with Crippen molar-refractivity contribution in [3.8, 4) is 0 Å². The fourth-order valence-electron chi connectivity index (χ4n) is 1.96. The third kappa shape index (κ3) is 1.63. The third-order valence-electron chi connectivity index (χ3n) is 2.66. The van der Waals surface area contributed by atoms with Crippen molar-refractivity contribution in [3.05, 3.63) is 24.3 Å². The highest BCUT2D eigenvalue weighted by Crippen LogP contribution is 2.31. The van der Waals surface area contributed by atoms with Crippen LogP contribution in [0.2, 0.25) is 0 Å². The van der Waals surface area contributed by atoms with Crippen molar-refractivity contribution >= 4 is 0 Å². The largest absolute Gasteiger partial charge is 0.245 e. The smallest absolute Gasteiger partial charge is 0.115 e. The van der Waals surface area contributed by atoms with Crippen LogP contribution in [0.15, 0.2) is 18.7 Å². The molecule has 1 aromatic heterocycles. The second-order valence-electron chi connectivity index (χ2n) is 3.51. The van der Waals surface area contributed by atoms with Crippen LogP contribution in [-0.2, 0) is 0 Å². The molecular formula is C10H14N2. The zero-order valence-corrected chi connectivity index (χ0v) is 7.24. The van der Waals surface area contributed by atoms with Gasteiger partial charge in [0.05, 0.1) is 0 Å². The van der Waals surface area contributed by atoms with Crippen molar-refractivity contribution in [1.29, 1.82) is 0 Å². The van der Waals surface area contributed by atoms with Gasteiger partial charge in [-0.05, 0) is 24.3 Å². The lowest BCUT2D eigenvalue weighted by Gasteiger charge is -2.20. The highest BCUT2D eigenvalue weighted by molar-refractivity contribution is 5.10. The maximum atomic E-state index is 4.05. The Hall–Kier alpha value is -0.920. The molecule has 1 aromatic rings. The molecule has 2 rings (SSSR count). The van der Waals surface area contributed by atoms with Crippen LogP contribution in [0, 0.1) is 0 Å². The summed E-state index contributed by atoms with van der Waals surface area (Å²) in [4.78, 5) is 8.10. The molecule has 0 bridgehead atoms. The molecular weight excluding hydrogens is 148 g/mol. The molecule has 0 atom stereocenters. The standard InChI is InChI=1S/C10H14N2/c1-2-4-9(5-3-1)10-6-11-8-12-7-10/h6-9H,1-5H2. The van der Waals surface area contributed by atoms with Gasteiger partial charge in [-0.15, -0.1) is 0 Å². The summed E-state index contributed by atoms with van der Waals surface area (Å²) in [6.45, 7) is 0. The lowest BCUT2D eigenvalue weighted by molar-refractivity contribution is 0.442. The van der Waals surface area contributed by atoms with E-state index in [1.165, 1.54) is 37.7 Å². The van der Waals surface area contributed by atoms with E-state index in [9.17, 15) is 0 Å². The summed E-state index contributed by atoms with van der Waals surface area (Å²) in [7, 11) is 0. The number of hydrogen-bond donors (Lipinski definition) is 0. The Kier molecular flexibility index (Phi) is 2.35. The Labute approximate surface area is 73.1 Å². The van der Waals surface area contributed by atoms with Crippen LogP contribution in [-0.4, -0.2) is 9.97 Å². The first-order chi connectivity index (χ1) is 5.97. The molecule has 1 aliphatic carbocycles. The Morgan fingerprint density at radius 2 is 1.67 bits per heavy atom. The van der Waals surface area contributed by atoms with Gasteiger partial charge in [-0.2, -0.15) is 0 Å². The van der Waals surface area contributed by atoms with Crippen LogP contribution in [0.3, 0.4) is 0 Å². The van der Waals surface area contributed by atoms with Crippen molar-refractivity contribution in [2.45, 2.75) is 38.0 Å². The first-order valence-corrected chi connectivity index (χ1v) is 4.72. The van der Waals surface area contributed by atoms with E-state index < -0.39 is 0 Å². The highest BCUT2D eigenvalue weighted by atomic mass is 14.8. The van der Waals surface area contributed by atoms with Gasteiger partial charge in [-0.3, -0.25) is 0 Å². The monoisotopic (exact) mass is 162 g/mol. The summed E-state index contributed by atoms with van der Waals surface area (Å²) in [6, 6.07) is 0. The van der Waals surface area contributed by atoms with Crippen LogP contribution >= 0.6 is 0 Å². The van der Waals surface area contributed by atoms with E-state index in [-0.39, 0.29) is 0 Å². The summed E-state index contributed by atoms with van der Waals surface area (Å²) >= 11 is 0. The molecule has 0 N–H and O–H groups in total. The molecule has 1 heterocycles. The number of rotatable bonds is 1. The normalized spacial score (nSPS) is 19.3. The zero-order chi connectivity index (χ0) is 8.23. The second kappa shape index (κ2) is 3.65. The Bertz CT molecular complexity index is 227. The van der Waals surface area contributed by atoms with Crippen LogP contribution in [0.25, 0.3) is 0 Å². The van der Waals surface area contributed by atoms with E-state index in [1.54, 1.807) is 6.33 Å². The van der Waals surface area contributed by atoms with Crippen LogP contribution < -0.4 is 0 Å². The van der Waals surface area contributed by atoms with Crippen molar-refractivity contribution in [1.82, 2.24) is 9.97 Å². The molecule has 2 heteroatoms. The summed E-state index contributed by atoms with van der Waals surface area (Å²) in [5.41, 5.74) is 1.33. The summed E-state index contributed by atoms with van der Waals surface area (Å²) < 4.78 is 0. The fourth-order valence-corrected chi connectivity index (χ4v) is 1.96. The maximum absolute atomic E-state index is 4.05. The zero-order valence-electron chi connectivity index (χ0n) is 7.24. The van der Waals surface area contributed by atoms with E-state index in [1.807, 2.05) is 12.4 Å². The van der Waals surface area contributed by atoms with Gasteiger partial charge in [0.25, 0.3) is 0 Å². The molecule has 0 spiro atoms. The minimum absolute atomic E-state index is 0.736. The minimum atomic E-state index is 0.736. The average molecular weight is 162 g/mol. The molecule has 0 unspecified atom stereocenters. The first kappa shape index (κ1) is 7.71. The van der Waals surface area contributed by atoms with Crippen molar-refractivity contribution < 1.29 is 0 Å². The highest BCUT2D eigenvalue weighted by Gasteiger charge is 2.15. The van der Waals surface area contributed by atoms with Crippen molar-refractivity contribution in [2.75, 3.05) is 0 Å². The molecule has 0 amide bonds. The van der Waals surface area contributed by atoms with Gasteiger partial charge in [0.15, 0.2) is 0 Å². The predicted molar refractivity (Wildman–Crippen MR) is 47.9 cm³/mol. The second-order valence-corrected chi connectivity index (χ2v) is 3.51. The van der Waals surface area contributed by atoms with Crippen molar-refractivity contribution in [2.24, 2.45) is 0 Å². The van der Waals surface area contributed by atoms with Gasteiger partial charge in [-0.25, -0.2) is 9.97 Å². The van der Waals surface area contributed by atoms with Crippen LogP contribution in [0.1, 0.15) is 43.6 Å². The molecule has 1 fully saturated rings. The first-order valence-electron chi connectivity index (χ1n) is 4.72. The summed E-state index contributed by atoms with van der Waals surface area (Å²) in [5, 5.41) is 0. The SMILES string of the molecule is c1ncc(C2CCCCC2)cn1. The molecule has 64 valence electrons. The topological polar surface area (TPSA) is 25.8 Å². The minimum Gasteiger partial charge on any atom is -0.245 e. The summed E-state index contributed by atoms with van der Waals surface area (Å²) in [6.07, 6.45) is 12.3. The molecule has 0 saturated heterocycles. The lowest BCUT2D eigenvalue weighted by atomic mass is 9.85. The van der Waals surface area contributed by atoms with Crippen LogP contribution in [0.5, 0.6) is 0 Å². The Morgan fingerprint density at radius 3 is 2.33 bits per heavy atom. The van der Waals surface area contributed by atoms with Gasteiger partial charge in [-0.1, -0.05) is 19.3 Å². The quantitative estimate of drug-likeness (QED) is 0.634. The molecule has 0 radical (unpaired) electrons. The number of hydrogen-bond acceptors (Lipinski definition) is 2. The molecule has 1 saturated carbocycles. The van der Waals surface area contributed by atoms with Gasteiger partial charge in [0.2, 0.25) is 0 Å². The maximum Gasteiger partial charge on any atom is 0.115 e. The molecule has 1 aliphatic rings. The average Bonchev–Trinajstić information content (AvgIpc) is 2.21. The molecule has 2 nitrogen and oxygen atoms in total. The molecule has 12 heavy (non-hydrogen) atoms. The van der Waals surface area contributed by atoms with Crippen LogP contribution in [0.4, 0.5) is 0 Å². The number of aromatic nitrogens is 2. The lowest BCUT2D eigenvalue weighted by Crippen LogP contribution is -2.04. The molecule has 0 aromatic carbocycles. The van der Waals surface area contributed by atoms with E-state index >= 15 is 0 Å². The Morgan fingerprint density at radius 1 is 1.00 bits per heavy atom. The van der Waals surface area contributed by atoms with Gasteiger partial charge in [0, 0.05) is 12.4 Å². The van der Waals surface area contributed by atoms with Gasteiger partial charge >= 0.3 is 0 Å². The fraction of sp³-hybridized carbons (Fsp3) is 0.600. The van der Waals surface area contributed by atoms with E-state index in [0.29, 0.717) is 0 Å². The van der Waals surface area contributed by atoms with E-state index in [4.69, 9.17) is 0 Å². The third-order valence-corrected chi connectivity index (χ3v) is 2.66. The van der Waals surface area contributed by atoms with E-state index in [0.717, 1.165) is 5.92 Å². The number of nitrogens with zero attached hydrogens (tertiary/aromatic N) is 2. The van der Waals surface area contributed by atoms with E-state index in [2.05, 4.69) is 9.97 Å². The summed E-state index contributed by atoms with van der Waals surface area (Å²) in [5.74, 6) is 0.736. The van der Waals surface area contributed by atoms with Gasteiger partial charge in [0.1, 0.15) is 6.33 Å². The predicted octanol–water partition coefficient (Wildman–Crippen LogP) is 2.52. The van der Waals surface area contributed by atoms with Gasteiger partial charge < -0.3 is 0 Å². The molecule has 0 aliphatic heterocycles. The van der Waals surface area contributed by atoms with Crippen molar-refractivity contribution in [3.63, 3.8) is 0 Å².